The van der Waals surface area contributed by atoms with Crippen LogP contribution in [0.2, 0.25) is 0 Å². The van der Waals surface area contributed by atoms with Crippen molar-refractivity contribution in [3.8, 4) is 5.75 Å². The molecule has 1 aromatic heterocycles. The summed E-state index contributed by atoms with van der Waals surface area (Å²) in [6.07, 6.45) is 1.62. The average Bonchev–Trinajstić information content (AvgIpc) is 2.28. The van der Waals surface area contributed by atoms with Gasteiger partial charge in [-0.3, -0.25) is 9.78 Å². The van der Waals surface area contributed by atoms with E-state index in [4.69, 9.17) is 0 Å². The van der Waals surface area contributed by atoms with Gasteiger partial charge in [0.25, 0.3) is 5.91 Å². The van der Waals surface area contributed by atoms with Gasteiger partial charge in [-0.1, -0.05) is 6.07 Å². The molecular weight excluding hydrogens is 228 g/mol. The zero-order valence-electron chi connectivity index (χ0n) is 10.3. The number of phenolic OH excluding ortho intramolecular Hbond substituents is 1. The Bertz CT molecular complexity index is 594. The van der Waals surface area contributed by atoms with Gasteiger partial charge in [-0.2, -0.15) is 0 Å². The first kappa shape index (κ1) is 12.1. The van der Waals surface area contributed by atoms with E-state index in [0.29, 0.717) is 5.69 Å². The largest absolute Gasteiger partial charge is 0.507 e. The number of carbonyl (C=O) groups excluding carboxylic acids is 1. The molecule has 0 saturated carbocycles. The van der Waals surface area contributed by atoms with Gasteiger partial charge in [0.1, 0.15) is 5.75 Å². The van der Waals surface area contributed by atoms with Gasteiger partial charge in [0, 0.05) is 17.6 Å². The summed E-state index contributed by atoms with van der Waals surface area (Å²) in [6, 6.07) is 8.42. The van der Waals surface area contributed by atoms with Crippen LogP contribution in [0.15, 0.2) is 36.5 Å². The molecule has 0 spiro atoms. The van der Waals surface area contributed by atoms with Crippen LogP contribution in [0.3, 0.4) is 0 Å². The summed E-state index contributed by atoms with van der Waals surface area (Å²) in [7, 11) is 0. The minimum absolute atomic E-state index is 0.0155. The van der Waals surface area contributed by atoms with E-state index in [-0.39, 0.29) is 17.2 Å². The minimum atomic E-state index is -0.335. The van der Waals surface area contributed by atoms with E-state index in [1.54, 1.807) is 36.5 Å². The van der Waals surface area contributed by atoms with Gasteiger partial charge in [0.2, 0.25) is 0 Å². The van der Waals surface area contributed by atoms with Crippen LogP contribution in [0.5, 0.6) is 5.75 Å². The van der Waals surface area contributed by atoms with Crippen LogP contribution in [-0.4, -0.2) is 16.0 Å². The predicted octanol–water partition coefficient (Wildman–Crippen LogP) is 2.66. The van der Waals surface area contributed by atoms with E-state index >= 15 is 0 Å². The normalized spacial score (nSPS) is 10.1. The number of anilines is 1. The second kappa shape index (κ2) is 4.87. The summed E-state index contributed by atoms with van der Waals surface area (Å²) in [6.45, 7) is 3.70. The fourth-order valence-corrected chi connectivity index (χ4v) is 1.66. The SMILES string of the molecule is Cc1ccc(C(=O)Nc2ccnc(C)c2)c(O)c1. The first-order valence-electron chi connectivity index (χ1n) is 5.60. The molecule has 0 aliphatic heterocycles. The lowest BCUT2D eigenvalue weighted by Crippen LogP contribution is -2.12. The number of nitrogens with zero attached hydrogens (tertiary/aromatic N) is 1. The molecule has 0 bridgehead atoms. The molecule has 92 valence electrons. The highest BCUT2D eigenvalue weighted by molar-refractivity contribution is 6.06. The van der Waals surface area contributed by atoms with Crippen molar-refractivity contribution in [1.29, 1.82) is 0 Å². The van der Waals surface area contributed by atoms with E-state index in [9.17, 15) is 9.90 Å². The molecule has 1 heterocycles. The summed E-state index contributed by atoms with van der Waals surface area (Å²) in [5.74, 6) is -0.351. The fraction of sp³-hybridized carbons (Fsp3) is 0.143. The van der Waals surface area contributed by atoms with Crippen molar-refractivity contribution in [2.45, 2.75) is 13.8 Å². The van der Waals surface area contributed by atoms with Crippen LogP contribution in [0.1, 0.15) is 21.6 Å². The van der Waals surface area contributed by atoms with Crippen molar-refractivity contribution < 1.29 is 9.90 Å². The number of aryl methyl sites for hydroxylation is 2. The maximum Gasteiger partial charge on any atom is 0.259 e. The van der Waals surface area contributed by atoms with E-state index in [2.05, 4.69) is 10.3 Å². The van der Waals surface area contributed by atoms with Crippen molar-refractivity contribution in [3.63, 3.8) is 0 Å². The molecule has 4 nitrogen and oxygen atoms in total. The van der Waals surface area contributed by atoms with E-state index in [1.807, 2.05) is 13.8 Å². The quantitative estimate of drug-likeness (QED) is 0.851. The van der Waals surface area contributed by atoms with E-state index < -0.39 is 0 Å². The van der Waals surface area contributed by atoms with Crippen LogP contribution < -0.4 is 5.32 Å². The number of carbonyl (C=O) groups is 1. The average molecular weight is 242 g/mol. The Labute approximate surface area is 105 Å². The van der Waals surface area contributed by atoms with Crippen molar-refractivity contribution in [2.24, 2.45) is 0 Å². The van der Waals surface area contributed by atoms with Gasteiger partial charge < -0.3 is 10.4 Å². The number of aromatic hydroxyl groups is 1. The topological polar surface area (TPSA) is 62.2 Å². The monoisotopic (exact) mass is 242 g/mol. The number of nitrogens with one attached hydrogen (secondary N) is 1. The van der Waals surface area contributed by atoms with Gasteiger partial charge in [-0.05, 0) is 43.7 Å². The van der Waals surface area contributed by atoms with Crippen molar-refractivity contribution in [1.82, 2.24) is 4.98 Å². The Hall–Kier alpha value is -2.36. The number of hydrogen-bond acceptors (Lipinski definition) is 3. The highest BCUT2D eigenvalue weighted by Gasteiger charge is 2.11. The summed E-state index contributed by atoms with van der Waals surface area (Å²) < 4.78 is 0. The molecule has 4 heteroatoms. The number of benzene rings is 1. The molecule has 0 aliphatic rings. The lowest BCUT2D eigenvalue weighted by Gasteiger charge is -2.07. The number of amides is 1. The molecule has 1 amide bonds. The van der Waals surface area contributed by atoms with Gasteiger partial charge in [0.05, 0.1) is 5.56 Å². The molecule has 1 aromatic carbocycles. The third-order valence-electron chi connectivity index (χ3n) is 2.55. The van der Waals surface area contributed by atoms with Crippen LogP contribution in [0.4, 0.5) is 5.69 Å². The number of pyridine rings is 1. The molecular formula is C14H14N2O2. The van der Waals surface area contributed by atoms with E-state index in [0.717, 1.165) is 11.3 Å². The number of phenols is 1. The molecule has 2 aromatic rings. The highest BCUT2D eigenvalue weighted by atomic mass is 16.3. The molecule has 0 radical (unpaired) electrons. The second-order valence-corrected chi connectivity index (χ2v) is 4.16. The summed E-state index contributed by atoms with van der Waals surface area (Å²) >= 11 is 0. The first-order chi connectivity index (χ1) is 8.56. The Kier molecular flexibility index (Phi) is 3.28. The number of hydrogen-bond donors (Lipinski definition) is 2. The maximum atomic E-state index is 12.0. The predicted molar refractivity (Wildman–Crippen MR) is 69.8 cm³/mol. The Morgan fingerprint density at radius 1 is 1.22 bits per heavy atom. The molecule has 0 aliphatic carbocycles. The second-order valence-electron chi connectivity index (χ2n) is 4.16. The van der Waals surface area contributed by atoms with Crippen molar-refractivity contribution in [3.05, 3.63) is 53.3 Å². The molecule has 2 rings (SSSR count). The first-order valence-corrected chi connectivity index (χ1v) is 5.60. The van der Waals surface area contributed by atoms with Crippen LogP contribution >= 0.6 is 0 Å². The third-order valence-corrected chi connectivity index (χ3v) is 2.55. The summed E-state index contributed by atoms with van der Waals surface area (Å²) in [5.41, 5.74) is 2.65. The molecule has 0 fully saturated rings. The molecule has 0 saturated heterocycles. The lowest BCUT2D eigenvalue weighted by atomic mass is 10.1. The fourth-order valence-electron chi connectivity index (χ4n) is 1.66. The standard InChI is InChI=1S/C14H14N2O2/c1-9-3-4-12(13(17)7-9)14(18)16-11-5-6-15-10(2)8-11/h3-8,17H,1-2H3,(H,15,16,18). The van der Waals surface area contributed by atoms with Gasteiger partial charge in [0.15, 0.2) is 0 Å². The highest BCUT2D eigenvalue weighted by Crippen LogP contribution is 2.20. The summed E-state index contributed by atoms with van der Waals surface area (Å²) in [5, 5.41) is 12.4. The van der Waals surface area contributed by atoms with Crippen molar-refractivity contribution in [2.75, 3.05) is 5.32 Å². The van der Waals surface area contributed by atoms with Crippen LogP contribution in [-0.2, 0) is 0 Å². The van der Waals surface area contributed by atoms with Gasteiger partial charge in [-0.25, -0.2) is 0 Å². The summed E-state index contributed by atoms with van der Waals surface area (Å²) in [4.78, 5) is 16.0. The zero-order valence-corrected chi connectivity index (χ0v) is 10.3. The number of aromatic nitrogens is 1. The minimum Gasteiger partial charge on any atom is -0.507 e. The van der Waals surface area contributed by atoms with Gasteiger partial charge in [-0.15, -0.1) is 0 Å². The number of rotatable bonds is 2. The molecule has 0 atom stereocenters. The Balaban J connectivity index is 2.22. The zero-order chi connectivity index (χ0) is 13.1. The Morgan fingerprint density at radius 2 is 2.00 bits per heavy atom. The molecule has 0 unspecified atom stereocenters. The molecule has 2 N–H and O–H groups in total. The lowest BCUT2D eigenvalue weighted by molar-refractivity contribution is 0.102. The van der Waals surface area contributed by atoms with Gasteiger partial charge >= 0.3 is 0 Å². The molecule has 18 heavy (non-hydrogen) atoms. The maximum absolute atomic E-state index is 12.0. The Morgan fingerprint density at radius 3 is 2.67 bits per heavy atom. The third kappa shape index (κ3) is 2.66. The van der Waals surface area contributed by atoms with Crippen molar-refractivity contribution >= 4 is 11.6 Å². The smallest absolute Gasteiger partial charge is 0.259 e. The van der Waals surface area contributed by atoms with E-state index in [1.165, 1.54) is 0 Å². The van der Waals surface area contributed by atoms with Crippen LogP contribution in [0, 0.1) is 13.8 Å². The van der Waals surface area contributed by atoms with Crippen LogP contribution in [0.25, 0.3) is 0 Å².